The Morgan fingerprint density at radius 1 is 1.67 bits per heavy atom. The highest BCUT2D eigenvalue weighted by Gasteiger charge is 2.19. The Labute approximate surface area is 117 Å². The molecule has 0 fully saturated rings. The predicted octanol–water partition coefficient (Wildman–Crippen LogP) is 1.83. The van der Waals surface area contributed by atoms with Crippen molar-refractivity contribution in [3.63, 3.8) is 0 Å². The van der Waals surface area contributed by atoms with Gasteiger partial charge in [0.1, 0.15) is 0 Å². The van der Waals surface area contributed by atoms with Crippen LogP contribution >= 0.6 is 23.4 Å². The number of halogens is 1. The number of thioether (sulfide) groups is 1. The summed E-state index contributed by atoms with van der Waals surface area (Å²) in [6, 6.07) is 0.00778. The van der Waals surface area contributed by atoms with Crippen LogP contribution in [0.25, 0.3) is 0 Å². The highest BCUT2D eigenvalue weighted by molar-refractivity contribution is 7.99. The van der Waals surface area contributed by atoms with Gasteiger partial charge < -0.3 is 4.74 Å². The smallest absolute Gasteiger partial charge is 0.0835 e. The fraction of sp³-hybridized carbons (Fsp3) is 0.727. The van der Waals surface area contributed by atoms with E-state index in [0.717, 1.165) is 23.6 Å². The molecule has 0 saturated carbocycles. The largest absolute Gasteiger partial charge is 0.383 e. The lowest BCUT2D eigenvalue weighted by Gasteiger charge is -2.18. The first-order valence-corrected chi connectivity index (χ1v) is 7.51. The third kappa shape index (κ3) is 4.44. The Morgan fingerprint density at radius 3 is 3.06 bits per heavy atom. The van der Waals surface area contributed by atoms with Crippen molar-refractivity contribution in [3.8, 4) is 0 Å². The van der Waals surface area contributed by atoms with Crippen LogP contribution in [-0.4, -0.2) is 35.0 Å². The molecule has 0 saturated heterocycles. The molecule has 7 heteroatoms. The molecule has 0 aliphatic rings. The van der Waals surface area contributed by atoms with Crippen LogP contribution in [0, 0.1) is 0 Å². The van der Waals surface area contributed by atoms with Crippen LogP contribution in [0.2, 0.25) is 5.02 Å². The normalized spacial score (nSPS) is 12.9. The predicted molar refractivity (Wildman–Crippen MR) is 76.8 cm³/mol. The first-order chi connectivity index (χ1) is 8.74. The minimum Gasteiger partial charge on any atom is -0.383 e. The lowest BCUT2D eigenvalue weighted by molar-refractivity contribution is 0.182. The van der Waals surface area contributed by atoms with Crippen LogP contribution in [0.3, 0.4) is 0 Å². The number of hydrogen-bond acceptors (Lipinski definition) is 5. The Hall–Kier alpha value is -0.270. The van der Waals surface area contributed by atoms with Crippen LogP contribution in [0.1, 0.15) is 25.1 Å². The maximum atomic E-state index is 6.18. The van der Waals surface area contributed by atoms with E-state index >= 15 is 0 Å². The number of aromatic nitrogens is 2. The highest BCUT2D eigenvalue weighted by atomic mass is 35.5. The van der Waals surface area contributed by atoms with Gasteiger partial charge >= 0.3 is 0 Å². The van der Waals surface area contributed by atoms with Gasteiger partial charge in [0.15, 0.2) is 0 Å². The summed E-state index contributed by atoms with van der Waals surface area (Å²) in [5.74, 6) is 7.61. The number of hydrazine groups is 1. The molecule has 0 bridgehead atoms. The molecule has 1 rings (SSSR count). The van der Waals surface area contributed by atoms with Gasteiger partial charge in [-0.15, -0.1) is 0 Å². The van der Waals surface area contributed by atoms with Crippen molar-refractivity contribution in [3.05, 3.63) is 16.9 Å². The van der Waals surface area contributed by atoms with Crippen molar-refractivity contribution in [2.75, 3.05) is 25.2 Å². The van der Waals surface area contributed by atoms with Crippen molar-refractivity contribution in [2.24, 2.45) is 5.84 Å². The third-order valence-corrected chi connectivity index (χ3v) is 4.06. The van der Waals surface area contributed by atoms with Crippen LogP contribution in [0.15, 0.2) is 6.20 Å². The van der Waals surface area contributed by atoms with E-state index in [-0.39, 0.29) is 6.04 Å². The first kappa shape index (κ1) is 15.8. The molecular weight excluding hydrogens is 272 g/mol. The van der Waals surface area contributed by atoms with Gasteiger partial charge in [-0.1, -0.05) is 18.5 Å². The Bertz CT molecular complexity index is 348. The second kappa shape index (κ2) is 8.77. The van der Waals surface area contributed by atoms with E-state index in [1.165, 1.54) is 0 Å². The number of hydrogen-bond donors (Lipinski definition) is 2. The molecule has 1 atom stereocenters. The first-order valence-electron chi connectivity index (χ1n) is 5.98. The minimum atomic E-state index is 0.00778. The maximum Gasteiger partial charge on any atom is 0.0835 e. The highest BCUT2D eigenvalue weighted by Crippen LogP contribution is 2.25. The lowest BCUT2D eigenvalue weighted by atomic mass is 10.2. The summed E-state index contributed by atoms with van der Waals surface area (Å²) in [5.41, 5.74) is 3.74. The summed E-state index contributed by atoms with van der Waals surface area (Å²) in [5, 5.41) is 4.89. The summed E-state index contributed by atoms with van der Waals surface area (Å²) < 4.78 is 6.91. The summed E-state index contributed by atoms with van der Waals surface area (Å²) in [6.07, 6.45) is 2.81. The van der Waals surface area contributed by atoms with E-state index in [1.54, 1.807) is 13.3 Å². The number of nitrogens with zero attached hydrogens (tertiary/aromatic N) is 2. The Balaban J connectivity index is 2.73. The number of nitrogens with two attached hydrogens (primary N) is 1. The monoisotopic (exact) mass is 292 g/mol. The van der Waals surface area contributed by atoms with E-state index in [4.69, 9.17) is 22.2 Å². The number of methoxy groups -OCH3 is 1. The molecule has 0 radical (unpaired) electrons. The van der Waals surface area contributed by atoms with Crippen molar-refractivity contribution >= 4 is 23.4 Å². The van der Waals surface area contributed by atoms with E-state index in [9.17, 15) is 0 Å². The van der Waals surface area contributed by atoms with Crippen molar-refractivity contribution in [2.45, 2.75) is 25.9 Å². The molecule has 1 aromatic heterocycles. The molecule has 5 nitrogen and oxygen atoms in total. The average Bonchev–Trinajstić information content (AvgIpc) is 2.74. The topological polar surface area (TPSA) is 65.1 Å². The van der Waals surface area contributed by atoms with Gasteiger partial charge in [0.05, 0.1) is 36.1 Å². The second-order valence-corrected chi connectivity index (χ2v) is 5.44. The summed E-state index contributed by atoms with van der Waals surface area (Å²) in [7, 11) is 1.67. The van der Waals surface area contributed by atoms with E-state index in [1.807, 2.05) is 16.4 Å². The average molecular weight is 293 g/mol. The molecule has 1 aromatic rings. The van der Waals surface area contributed by atoms with Gasteiger partial charge in [-0.2, -0.15) is 16.9 Å². The molecule has 0 aliphatic heterocycles. The fourth-order valence-corrected chi connectivity index (χ4v) is 2.84. The standard InChI is InChI=1S/C11H21ClN4OS/c1-3-6-18-8-10(15-13)11-9(12)7-14-16(11)4-5-17-2/h7,10,15H,3-6,8,13H2,1-2H3. The van der Waals surface area contributed by atoms with Crippen LogP contribution in [-0.2, 0) is 11.3 Å². The molecule has 0 aliphatic carbocycles. The molecule has 104 valence electrons. The van der Waals surface area contributed by atoms with Crippen LogP contribution < -0.4 is 11.3 Å². The van der Waals surface area contributed by atoms with Crippen molar-refractivity contribution in [1.82, 2.24) is 15.2 Å². The van der Waals surface area contributed by atoms with Gasteiger partial charge in [-0.25, -0.2) is 0 Å². The SMILES string of the molecule is CCCSCC(NN)c1c(Cl)cnn1CCOC. The Kier molecular flexibility index (Phi) is 7.69. The van der Waals surface area contributed by atoms with E-state index in [2.05, 4.69) is 17.4 Å². The van der Waals surface area contributed by atoms with E-state index in [0.29, 0.717) is 18.2 Å². The molecule has 0 aromatic carbocycles. The fourth-order valence-electron chi connectivity index (χ4n) is 1.63. The van der Waals surface area contributed by atoms with Crippen LogP contribution in [0.4, 0.5) is 0 Å². The molecule has 0 amide bonds. The summed E-state index contributed by atoms with van der Waals surface area (Å²) in [4.78, 5) is 0. The number of nitrogens with one attached hydrogen (secondary N) is 1. The zero-order valence-corrected chi connectivity index (χ0v) is 12.4. The Morgan fingerprint density at radius 2 is 2.44 bits per heavy atom. The molecule has 1 heterocycles. The minimum absolute atomic E-state index is 0.00778. The third-order valence-electron chi connectivity index (χ3n) is 2.50. The number of rotatable bonds is 9. The zero-order valence-electron chi connectivity index (χ0n) is 10.9. The van der Waals surface area contributed by atoms with E-state index < -0.39 is 0 Å². The summed E-state index contributed by atoms with van der Waals surface area (Å²) in [6.45, 7) is 3.44. The lowest BCUT2D eigenvalue weighted by Crippen LogP contribution is -2.32. The summed E-state index contributed by atoms with van der Waals surface area (Å²) >= 11 is 8.03. The zero-order chi connectivity index (χ0) is 13.4. The van der Waals surface area contributed by atoms with Gasteiger partial charge in [-0.05, 0) is 12.2 Å². The maximum absolute atomic E-state index is 6.18. The van der Waals surface area contributed by atoms with Crippen molar-refractivity contribution in [1.29, 1.82) is 0 Å². The quantitative estimate of drug-likeness (QED) is 0.413. The molecule has 3 N–H and O–H groups in total. The van der Waals surface area contributed by atoms with Gasteiger partial charge in [0, 0.05) is 12.9 Å². The van der Waals surface area contributed by atoms with Crippen molar-refractivity contribution < 1.29 is 4.74 Å². The van der Waals surface area contributed by atoms with Crippen LogP contribution in [0.5, 0.6) is 0 Å². The molecule has 1 unspecified atom stereocenters. The van der Waals surface area contributed by atoms with Gasteiger partial charge in [0.2, 0.25) is 0 Å². The second-order valence-electron chi connectivity index (χ2n) is 3.89. The molecule has 0 spiro atoms. The van der Waals surface area contributed by atoms with Gasteiger partial charge in [0.25, 0.3) is 0 Å². The molecule has 18 heavy (non-hydrogen) atoms. The molecular formula is C11H21ClN4OS. The number of ether oxygens (including phenoxy) is 1. The van der Waals surface area contributed by atoms with Gasteiger partial charge in [-0.3, -0.25) is 16.0 Å².